The fourth-order valence-corrected chi connectivity index (χ4v) is 2.48. The summed E-state index contributed by atoms with van der Waals surface area (Å²) in [6.07, 6.45) is 3.74. The molecule has 108 valence electrons. The first-order valence-corrected chi connectivity index (χ1v) is 7.00. The van der Waals surface area contributed by atoms with Gasteiger partial charge in [-0.2, -0.15) is 4.39 Å². The van der Waals surface area contributed by atoms with Gasteiger partial charge in [0.1, 0.15) is 0 Å². The first-order chi connectivity index (χ1) is 10.2. The van der Waals surface area contributed by atoms with Crippen molar-refractivity contribution in [1.29, 1.82) is 0 Å². The minimum atomic E-state index is -0.660. The number of nitrogens with one attached hydrogen (secondary N) is 1. The molecule has 1 N–H and O–H groups in total. The van der Waals surface area contributed by atoms with Gasteiger partial charge in [-0.05, 0) is 43.2 Å². The Morgan fingerprint density at radius 3 is 2.52 bits per heavy atom. The fourth-order valence-electron chi connectivity index (χ4n) is 2.48. The Morgan fingerprint density at radius 2 is 1.86 bits per heavy atom. The molecule has 0 saturated carbocycles. The average molecular weight is 285 g/mol. The lowest BCUT2D eigenvalue weighted by Gasteiger charge is -2.17. The number of amides is 1. The van der Waals surface area contributed by atoms with E-state index in [1.54, 1.807) is 0 Å². The van der Waals surface area contributed by atoms with Crippen LogP contribution in [0.2, 0.25) is 0 Å². The van der Waals surface area contributed by atoms with Crippen LogP contribution in [0.4, 0.5) is 15.8 Å². The second kappa shape index (κ2) is 5.91. The zero-order chi connectivity index (χ0) is 14.7. The predicted molar refractivity (Wildman–Crippen MR) is 80.0 cm³/mol. The highest BCUT2D eigenvalue weighted by molar-refractivity contribution is 6.04. The molecule has 1 amide bonds. The summed E-state index contributed by atoms with van der Waals surface area (Å²) in [5.74, 6) is -1.00. The summed E-state index contributed by atoms with van der Waals surface area (Å²) in [6.45, 7) is 2.17. The van der Waals surface area contributed by atoms with Crippen molar-refractivity contribution in [2.24, 2.45) is 0 Å². The maximum Gasteiger partial charge on any atom is 0.255 e. The van der Waals surface area contributed by atoms with Crippen LogP contribution in [0.15, 0.2) is 42.6 Å². The van der Waals surface area contributed by atoms with E-state index in [0.717, 1.165) is 19.2 Å². The number of hydrogen-bond donors (Lipinski definition) is 1. The van der Waals surface area contributed by atoms with E-state index in [1.165, 1.54) is 30.8 Å². The summed E-state index contributed by atoms with van der Waals surface area (Å²) >= 11 is 0. The molecule has 0 radical (unpaired) electrons. The number of aromatic nitrogens is 1. The second-order valence-electron chi connectivity index (χ2n) is 5.06. The van der Waals surface area contributed by atoms with Crippen molar-refractivity contribution >= 4 is 17.3 Å². The molecule has 5 heteroatoms. The van der Waals surface area contributed by atoms with Crippen molar-refractivity contribution in [1.82, 2.24) is 4.98 Å². The molecule has 3 rings (SSSR count). The molecule has 0 atom stereocenters. The zero-order valence-corrected chi connectivity index (χ0v) is 11.6. The minimum Gasteiger partial charge on any atom is -0.372 e. The third-order valence-electron chi connectivity index (χ3n) is 3.59. The number of benzene rings is 1. The van der Waals surface area contributed by atoms with Crippen LogP contribution in [0.3, 0.4) is 0 Å². The van der Waals surface area contributed by atoms with E-state index < -0.39 is 5.95 Å². The van der Waals surface area contributed by atoms with Gasteiger partial charge in [-0.1, -0.05) is 0 Å². The van der Waals surface area contributed by atoms with Crippen LogP contribution in [-0.4, -0.2) is 24.0 Å². The van der Waals surface area contributed by atoms with Crippen LogP contribution < -0.4 is 10.2 Å². The SMILES string of the molecule is O=C(Nc1ccc(N2CCCC2)cc1)c1ccnc(F)c1. The van der Waals surface area contributed by atoms with Crippen molar-refractivity contribution in [3.63, 3.8) is 0 Å². The first kappa shape index (κ1) is 13.5. The summed E-state index contributed by atoms with van der Waals surface area (Å²) in [5, 5.41) is 2.75. The molecular weight excluding hydrogens is 269 g/mol. The minimum absolute atomic E-state index is 0.256. The van der Waals surface area contributed by atoms with E-state index >= 15 is 0 Å². The van der Waals surface area contributed by atoms with Crippen LogP contribution in [0.5, 0.6) is 0 Å². The molecule has 4 nitrogen and oxygen atoms in total. The number of hydrogen-bond acceptors (Lipinski definition) is 3. The molecule has 0 spiro atoms. The number of nitrogens with zero attached hydrogens (tertiary/aromatic N) is 2. The standard InChI is InChI=1S/C16H16FN3O/c17-15-11-12(7-8-18-15)16(21)19-13-3-5-14(6-4-13)20-9-1-2-10-20/h3-8,11H,1-2,9-10H2,(H,19,21). The normalized spacial score (nSPS) is 14.2. The van der Waals surface area contributed by atoms with E-state index in [1.807, 2.05) is 24.3 Å². The maximum absolute atomic E-state index is 13.0. The van der Waals surface area contributed by atoms with E-state index in [4.69, 9.17) is 0 Å². The van der Waals surface area contributed by atoms with Gasteiger partial charge in [0.15, 0.2) is 0 Å². The fraction of sp³-hybridized carbons (Fsp3) is 0.250. The Kier molecular flexibility index (Phi) is 3.81. The second-order valence-corrected chi connectivity index (χ2v) is 5.06. The molecule has 0 unspecified atom stereocenters. The van der Waals surface area contributed by atoms with E-state index in [-0.39, 0.29) is 11.5 Å². The summed E-state index contributed by atoms with van der Waals surface area (Å²) in [7, 11) is 0. The Hall–Kier alpha value is -2.43. The lowest BCUT2D eigenvalue weighted by Crippen LogP contribution is -2.17. The number of halogens is 1. The van der Waals surface area contributed by atoms with Crippen molar-refractivity contribution in [2.45, 2.75) is 12.8 Å². The molecule has 0 aliphatic carbocycles. The zero-order valence-electron chi connectivity index (χ0n) is 11.6. The number of anilines is 2. The molecule has 1 fully saturated rings. The molecule has 0 bridgehead atoms. The molecule has 1 saturated heterocycles. The van der Waals surface area contributed by atoms with Crippen LogP contribution in [0, 0.1) is 5.95 Å². The topological polar surface area (TPSA) is 45.2 Å². The van der Waals surface area contributed by atoms with Crippen molar-refractivity contribution in [3.8, 4) is 0 Å². The van der Waals surface area contributed by atoms with Crippen molar-refractivity contribution in [3.05, 3.63) is 54.1 Å². The van der Waals surface area contributed by atoms with Crippen LogP contribution >= 0.6 is 0 Å². The Bertz CT molecular complexity index is 636. The largest absolute Gasteiger partial charge is 0.372 e. The summed E-state index contributed by atoms with van der Waals surface area (Å²) in [6, 6.07) is 10.3. The lowest BCUT2D eigenvalue weighted by atomic mass is 10.2. The van der Waals surface area contributed by atoms with Gasteiger partial charge in [0.05, 0.1) is 0 Å². The van der Waals surface area contributed by atoms with Crippen molar-refractivity contribution in [2.75, 3.05) is 23.3 Å². The van der Waals surface area contributed by atoms with E-state index in [2.05, 4.69) is 15.2 Å². The van der Waals surface area contributed by atoms with Gasteiger partial charge in [-0.3, -0.25) is 4.79 Å². The highest BCUT2D eigenvalue weighted by atomic mass is 19.1. The Morgan fingerprint density at radius 1 is 1.14 bits per heavy atom. The van der Waals surface area contributed by atoms with Gasteiger partial charge in [0.2, 0.25) is 5.95 Å². The smallest absolute Gasteiger partial charge is 0.255 e. The summed E-state index contributed by atoms with van der Waals surface area (Å²) in [4.78, 5) is 17.7. The average Bonchev–Trinajstić information content (AvgIpc) is 3.02. The van der Waals surface area contributed by atoms with Gasteiger partial charge in [0, 0.05) is 42.3 Å². The van der Waals surface area contributed by atoms with Gasteiger partial charge >= 0.3 is 0 Å². The molecular formula is C16H16FN3O. The first-order valence-electron chi connectivity index (χ1n) is 7.00. The Labute approximate surface area is 122 Å². The van der Waals surface area contributed by atoms with E-state index in [9.17, 15) is 9.18 Å². The highest BCUT2D eigenvalue weighted by Gasteiger charge is 2.12. The van der Waals surface area contributed by atoms with Crippen LogP contribution in [0.25, 0.3) is 0 Å². The van der Waals surface area contributed by atoms with Gasteiger partial charge in [-0.25, -0.2) is 4.98 Å². The van der Waals surface area contributed by atoms with Gasteiger partial charge in [0.25, 0.3) is 5.91 Å². The quantitative estimate of drug-likeness (QED) is 0.881. The Balaban J connectivity index is 1.68. The molecule has 1 aromatic heterocycles. The number of carbonyl (C=O) groups is 1. The van der Waals surface area contributed by atoms with Gasteiger partial charge < -0.3 is 10.2 Å². The maximum atomic E-state index is 13.0. The summed E-state index contributed by atoms with van der Waals surface area (Å²) < 4.78 is 13.0. The van der Waals surface area contributed by atoms with Crippen LogP contribution in [0.1, 0.15) is 23.2 Å². The molecule has 2 heterocycles. The third kappa shape index (κ3) is 3.18. The summed E-state index contributed by atoms with van der Waals surface area (Å²) in [5.41, 5.74) is 2.12. The van der Waals surface area contributed by atoms with Gasteiger partial charge in [-0.15, -0.1) is 0 Å². The lowest BCUT2D eigenvalue weighted by molar-refractivity contribution is 0.102. The molecule has 2 aromatic rings. The molecule has 1 aliphatic heterocycles. The molecule has 21 heavy (non-hydrogen) atoms. The number of pyridine rings is 1. The highest BCUT2D eigenvalue weighted by Crippen LogP contribution is 2.22. The van der Waals surface area contributed by atoms with E-state index in [0.29, 0.717) is 5.69 Å². The number of rotatable bonds is 3. The van der Waals surface area contributed by atoms with Crippen molar-refractivity contribution < 1.29 is 9.18 Å². The predicted octanol–water partition coefficient (Wildman–Crippen LogP) is 3.07. The van der Waals surface area contributed by atoms with Crippen LogP contribution in [-0.2, 0) is 0 Å². The molecule has 1 aromatic carbocycles. The third-order valence-corrected chi connectivity index (χ3v) is 3.59. The number of carbonyl (C=O) groups excluding carboxylic acids is 1. The monoisotopic (exact) mass is 285 g/mol. The molecule has 1 aliphatic rings.